The van der Waals surface area contributed by atoms with Crippen molar-refractivity contribution in [2.75, 3.05) is 5.32 Å². The van der Waals surface area contributed by atoms with E-state index in [1.54, 1.807) is 18.3 Å². The second-order valence-electron chi connectivity index (χ2n) is 7.81. The first-order valence-electron chi connectivity index (χ1n) is 10.3. The van der Waals surface area contributed by atoms with Gasteiger partial charge in [-0.3, -0.25) is 9.59 Å². The van der Waals surface area contributed by atoms with Gasteiger partial charge in [0, 0.05) is 36.8 Å². The van der Waals surface area contributed by atoms with Crippen LogP contribution in [0.5, 0.6) is 0 Å². The summed E-state index contributed by atoms with van der Waals surface area (Å²) in [7, 11) is 0. The molecule has 0 bridgehead atoms. The lowest BCUT2D eigenvalue weighted by atomic mass is 9.91. The molecular weight excluding hydrogens is 397 g/mol. The fourth-order valence-electron chi connectivity index (χ4n) is 3.93. The molecular formula is C23H24FN5O2. The number of hydrogen-bond acceptors (Lipinski definition) is 5. The van der Waals surface area contributed by atoms with Crippen LogP contribution < -0.4 is 16.2 Å². The molecule has 1 aliphatic carbocycles. The minimum atomic E-state index is -0.501. The molecule has 1 fully saturated rings. The zero-order valence-corrected chi connectivity index (χ0v) is 17.2. The summed E-state index contributed by atoms with van der Waals surface area (Å²) in [6.07, 6.45) is 6.33. The zero-order valence-electron chi connectivity index (χ0n) is 17.2. The topological polar surface area (TPSA) is 99.8 Å². The third kappa shape index (κ3) is 5.14. The molecule has 0 atom stereocenters. The maximum absolute atomic E-state index is 14.6. The Balaban J connectivity index is 1.51. The summed E-state index contributed by atoms with van der Waals surface area (Å²) in [6, 6.07) is 10.9. The average molecular weight is 421 g/mol. The van der Waals surface area contributed by atoms with Gasteiger partial charge in [-0.15, -0.1) is 0 Å². The van der Waals surface area contributed by atoms with Crippen LogP contribution in [0.2, 0.25) is 0 Å². The summed E-state index contributed by atoms with van der Waals surface area (Å²) in [5.41, 5.74) is 2.34. The number of carbonyl (C=O) groups is 1. The maximum atomic E-state index is 14.6. The van der Waals surface area contributed by atoms with Gasteiger partial charge in [-0.25, -0.2) is 14.4 Å². The first-order chi connectivity index (χ1) is 15.0. The van der Waals surface area contributed by atoms with E-state index >= 15 is 0 Å². The number of nitrogens with one attached hydrogen (secondary N) is 3. The summed E-state index contributed by atoms with van der Waals surface area (Å²) in [5, 5.41) is 6.26. The Morgan fingerprint density at radius 1 is 1.06 bits per heavy atom. The standard InChI is InChI=1S/C23H24FN5O2/c1-14(30)27-18-6-8-19(9-7-18)28-23-26-13-20(24)22(29-23)16-4-2-3-15(11-16)17-5-10-21(31)25-12-17/h2-5,10-13,18-19H,6-9H2,1H3,(H,25,31)(H,27,30)(H,26,28,29). The van der Waals surface area contributed by atoms with Gasteiger partial charge in [0.25, 0.3) is 0 Å². The van der Waals surface area contributed by atoms with Crippen molar-refractivity contribution in [1.29, 1.82) is 0 Å². The molecule has 31 heavy (non-hydrogen) atoms. The molecule has 3 N–H and O–H groups in total. The number of H-pyrrole nitrogens is 1. The lowest BCUT2D eigenvalue weighted by Crippen LogP contribution is -2.39. The average Bonchev–Trinajstić information content (AvgIpc) is 2.77. The number of pyridine rings is 1. The minimum Gasteiger partial charge on any atom is -0.354 e. The van der Waals surface area contributed by atoms with Crippen LogP contribution in [0.4, 0.5) is 10.3 Å². The summed E-state index contributed by atoms with van der Waals surface area (Å²) in [5.74, 6) is -0.126. The molecule has 1 aromatic carbocycles. The van der Waals surface area contributed by atoms with Crippen LogP contribution in [0, 0.1) is 5.82 Å². The van der Waals surface area contributed by atoms with Crippen LogP contribution >= 0.6 is 0 Å². The molecule has 7 nitrogen and oxygen atoms in total. The van der Waals surface area contributed by atoms with Crippen LogP contribution in [-0.4, -0.2) is 32.9 Å². The first-order valence-corrected chi connectivity index (χ1v) is 10.3. The fraction of sp³-hybridized carbons (Fsp3) is 0.304. The molecule has 160 valence electrons. The van der Waals surface area contributed by atoms with Crippen molar-refractivity contribution in [1.82, 2.24) is 20.3 Å². The van der Waals surface area contributed by atoms with E-state index in [9.17, 15) is 14.0 Å². The van der Waals surface area contributed by atoms with E-state index in [-0.39, 0.29) is 29.2 Å². The Kier molecular flexibility index (Phi) is 6.06. The fourth-order valence-corrected chi connectivity index (χ4v) is 3.93. The molecule has 0 radical (unpaired) electrons. The first kappa shape index (κ1) is 20.7. The Bertz CT molecular complexity index is 1120. The van der Waals surface area contributed by atoms with Crippen molar-refractivity contribution >= 4 is 11.9 Å². The third-order valence-corrected chi connectivity index (χ3v) is 5.47. The number of benzene rings is 1. The van der Waals surface area contributed by atoms with E-state index < -0.39 is 5.82 Å². The maximum Gasteiger partial charge on any atom is 0.247 e. The van der Waals surface area contributed by atoms with Gasteiger partial charge in [-0.2, -0.15) is 0 Å². The van der Waals surface area contributed by atoms with E-state index in [2.05, 4.69) is 25.6 Å². The van der Waals surface area contributed by atoms with Gasteiger partial charge in [0.1, 0.15) is 5.69 Å². The summed E-state index contributed by atoms with van der Waals surface area (Å²) < 4.78 is 14.6. The molecule has 0 aliphatic heterocycles. The number of carbonyl (C=O) groups excluding carboxylic acids is 1. The predicted molar refractivity (Wildman–Crippen MR) is 117 cm³/mol. The Labute approximate surface area is 179 Å². The lowest BCUT2D eigenvalue weighted by Gasteiger charge is -2.29. The Morgan fingerprint density at radius 3 is 2.52 bits per heavy atom. The molecule has 0 saturated heterocycles. The lowest BCUT2D eigenvalue weighted by molar-refractivity contribution is -0.119. The highest BCUT2D eigenvalue weighted by Crippen LogP contribution is 2.27. The monoisotopic (exact) mass is 421 g/mol. The van der Waals surface area contributed by atoms with Gasteiger partial charge in [-0.05, 0) is 48.9 Å². The van der Waals surface area contributed by atoms with Crippen molar-refractivity contribution in [3.8, 4) is 22.4 Å². The van der Waals surface area contributed by atoms with Crippen molar-refractivity contribution in [3.05, 3.63) is 65.0 Å². The number of aromatic nitrogens is 3. The van der Waals surface area contributed by atoms with Crippen LogP contribution in [-0.2, 0) is 4.79 Å². The van der Waals surface area contributed by atoms with E-state index in [4.69, 9.17) is 0 Å². The molecule has 1 aliphatic rings. The number of aromatic amines is 1. The number of rotatable bonds is 5. The molecule has 0 spiro atoms. The predicted octanol–water partition coefficient (Wildman–Crippen LogP) is 3.50. The summed E-state index contributed by atoms with van der Waals surface area (Å²) in [4.78, 5) is 33.7. The van der Waals surface area contributed by atoms with Crippen molar-refractivity contribution < 1.29 is 9.18 Å². The molecule has 2 heterocycles. The highest BCUT2D eigenvalue weighted by molar-refractivity contribution is 5.73. The SMILES string of the molecule is CC(=O)NC1CCC(Nc2ncc(F)c(-c3cccc(-c4ccc(=O)[nH]c4)c3)n2)CC1. The van der Waals surface area contributed by atoms with E-state index in [0.29, 0.717) is 11.5 Å². The second-order valence-corrected chi connectivity index (χ2v) is 7.81. The van der Waals surface area contributed by atoms with Gasteiger partial charge in [0.15, 0.2) is 5.82 Å². The highest BCUT2D eigenvalue weighted by atomic mass is 19.1. The minimum absolute atomic E-state index is 0.00740. The Morgan fingerprint density at radius 2 is 1.81 bits per heavy atom. The molecule has 1 saturated carbocycles. The number of halogens is 1. The van der Waals surface area contributed by atoms with E-state index in [1.807, 2.05) is 18.2 Å². The van der Waals surface area contributed by atoms with Gasteiger partial charge in [0.05, 0.1) is 6.20 Å². The molecule has 3 aromatic rings. The van der Waals surface area contributed by atoms with Gasteiger partial charge in [-0.1, -0.05) is 18.2 Å². The molecule has 0 unspecified atom stereocenters. The zero-order chi connectivity index (χ0) is 21.8. The molecule has 4 rings (SSSR count). The largest absolute Gasteiger partial charge is 0.354 e. The number of amides is 1. The van der Waals surface area contributed by atoms with Crippen LogP contribution in [0.1, 0.15) is 32.6 Å². The van der Waals surface area contributed by atoms with Crippen LogP contribution in [0.15, 0.2) is 53.6 Å². The number of hydrogen-bond donors (Lipinski definition) is 3. The Hall–Kier alpha value is -3.55. The van der Waals surface area contributed by atoms with Gasteiger partial charge < -0.3 is 15.6 Å². The van der Waals surface area contributed by atoms with Gasteiger partial charge >= 0.3 is 0 Å². The molecule has 8 heteroatoms. The van der Waals surface area contributed by atoms with Crippen LogP contribution in [0.3, 0.4) is 0 Å². The van der Waals surface area contributed by atoms with Crippen molar-refractivity contribution in [2.24, 2.45) is 0 Å². The highest BCUT2D eigenvalue weighted by Gasteiger charge is 2.22. The van der Waals surface area contributed by atoms with Crippen molar-refractivity contribution in [2.45, 2.75) is 44.7 Å². The normalized spacial score (nSPS) is 18.4. The van der Waals surface area contributed by atoms with E-state index in [0.717, 1.165) is 36.8 Å². The van der Waals surface area contributed by atoms with E-state index in [1.165, 1.54) is 19.2 Å². The van der Waals surface area contributed by atoms with Crippen molar-refractivity contribution in [3.63, 3.8) is 0 Å². The van der Waals surface area contributed by atoms with Gasteiger partial charge in [0.2, 0.25) is 17.4 Å². The number of nitrogens with zero attached hydrogens (tertiary/aromatic N) is 2. The van der Waals surface area contributed by atoms with Crippen LogP contribution in [0.25, 0.3) is 22.4 Å². The summed E-state index contributed by atoms with van der Waals surface area (Å²) in [6.45, 7) is 1.53. The number of anilines is 1. The second kappa shape index (κ2) is 9.07. The smallest absolute Gasteiger partial charge is 0.247 e. The quantitative estimate of drug-likeness (QED) is 0.586. The third-order valence-electron chi connectivity index (χ3n) is 5.47. The molecule has 2 aromatic heterocycles. The summed E-state index contributed by atoms with van der Waals surface area (Å²) >= 11 is 0. The molecule has 1 amide bonds.